The topological polar surface area (TPSA) is 47.8 Å². The molecule has 0 fully saturated rings. The molecular weight excluding hydrogens is 298 g/mol. The molecule has 1 heterocycles. The second-order valence-electron chi connectivity index (χ2n) is 4.95. The van der Waals surface area contributed by atoms with Crippen molar-refractivity contribution in [2.24, 2.45) is 0 Å². The smallest absolute Gasteiger partial charge is 0.187 e. The van der Waals surface area contributed by atoms with Gasteiger partial charge in [-0.05, 0) is 17.7 Å². The molecule has 5 heteroatoms. The minimum atomic E-state index is -0.425. The molecule has 0 saturated carbocycles. The van der Waals surface area contributed by atoms with Crippen molar-refractivity contribution in [1.29, 1.82) is 0 Å². The van der Waals surface area contributed by atoms with Crippen molar-refractivity contribution in [3.8, 4) is 0 Å². The predicted molar refractivity (Wildman–Crippen MR) is 85.0 cm³/mol. The van der Waals surface area contributed by atoms with Crippen LogP contribution in [0.3, 0.4) is 0 Å². The molecule has 110 valence electrons. The lowest BCUT2D eigenvalue weighted by atomic mass is 9.98. The van der Waals surface area contributed by atoms with Crippen LogP contribution in [0, 0.1) is 0 Å². The standard InChI is InChI=1S/C17H14ClN3O/c18-15-8-6-13(7-9-15)10-16(21-12-19-11-20-21)17(22)14-4-2-1-3-5-14/h1-9,11-12,16H,10H2/t16-/m0/s1. The minimum absolute atomic E-state index is 0.0149. The second-order valence-corrected chi connectivity index (χ2v) is 5.39. The van der Waals surface area contributed by atoms with E-state index in [1.54, 1.807) is 11.0 Å². The quantitative estimate of drug-likeness (QED) is 0.676. The highest BCUT2D eigenvalue weighted by Crippen LogP contribution is 2.20. The van der Waals surface area contributed by atoms with Crippen molar-refractivity contribution in [2.75, 3.05) is 0 Å². The highest BCUT2D eigenvalue weighted by atomic mass is 35.5. The Balaban J connectivity index is 1.91. The van der Waals surface area contributed by atoms with Crippen LogP contribution in [0.25, 0.3) is 0 Å². The average Bonchev–Trinajstić information content (AvgIpc) is 3.09. The Morgan fingerprint density at radius 1 is 1.09 bits per heavy atom. The Bertz CT molecular complexity index is 739. The lowest BCUT2D eigenvalue weighted by molar-refractivity contribution is 0.0916. The van der Waals surface area contributed by atoms with E-state index >= 15 is 0 Å². The van der Waals surface area contributed by atoms with Gasteiger partial charge in [-0.15, -0.1) is 0 Å². The summed E-state index contributed by atoms with van der Waals surface area (Å²) in [6.45, 7) is 0. The highest BCUT2D eigenvalue weighted by Gasteiger charge is 2.23. The van der Waals surface area contributed by atoms with E-state index < -0.39 is 6.04 Å². The molecule has 4 nitrogen and oxygen atoms in total. The third-order valence-electron chi connectivity index (χ3n) is 3.46. The SMILES string of the molecule is O=C(c1ccccc1)[C@H](Cc1ccc(Cl)cc1)n1cncn1. The van der Waals surface area contributed by atoms with E-state index in [0.717, 1.165) is 5.56 Å². The molecular formula is C17H14ClN3O. The van der Waals surface area contributed by atoms with Crippen molar-refractivity contribution in [3.63, 3.8) is 0 Å². The van der Waals surface area contributed by atoms with Crippen molar-refractivity contribution in [2.45, 2.75) is 12.5 Å². The molecule has 1 atom stereocenters. The third kappa shape index (κ3) is 3.23. The molecule has 0 N–H and O–H groups in total. The first-order valence-electron chi connectivity index (χ1n) is 6.92. The van der Waals surface area contributed by atoms with Gasteiger partial charge in [0.2, 0.25) is 0 Å². The Labute approximate surface area is 133 Å². The molecule has 0 bridgehead atoms. The van der Waals surface area contributed by atoms with Crippen LogP contribution in [0.2, 0.25) is 5.02 Å². The Morgan fingerprint density at radius 2 is 1.82 bits per heavy atom. The molecule has 0 aliphatic rings. The van der Waals surface area contributed by atoms with E-state index in [0.29, 0.717) is 17.0 Å². The normalized spacial score (nSPS) is 12.0. The van der Waals surface area contributed by atoms with Crippen molar-refractivity contribution in [1.82, 2.24) is 14.8 Å². The molecule has 0 aliphatic heterocycles. The van der Waals surface area contributed by atoms with Gasteiger partial charge in [0.1, 0.15) is 18.7 Å². The monoisotopic (exact) mass is 311 g/mol. The van der Waals surface area contributed by atoms with Crippen molar-refractivity contribution < 1.29 is 4.79 Å². The number of Topliss-reactive ketones (excluding diaryl/α,β-unsaturated/α-hetero) is 1. The van der Waals surface area contributed by atoms with Gasteiger partial charge in [0, 0.05) is 17.0 Å². The maximum Gasteiger partial charge on any atom is 0.187 e. The molecule has 2 aromatic carbocycles. The zero-order valence-electron chi connectivity index (χ0n) is 11.8. The third-order valence-corrected chi connectivity index (χ3v) is 3.71. The number of halogens is 1. The molecule has 0 radical (unpaired) electrons. The van der Waals surface area contributed by atoms with Gasteiger partial charge in [-0.1, -0.05) is 54.1 Å². The number of benzene rings is 2. The van der Waals surface area contributed by atoms with Crippen LogP contribution in [0.1, 0.15) is 22.0 Å². The first kappa shape index (κ1) is 14.5. The number of ketones is 1. The molecule has 0 amide bonds. The van der Waals surface area contributed by atoms with Crippen LogP contribution in [0.4, 0.5) is 0 Å². The summed E-state index contributed by atoms with van der Waals surface area (Å²) in [5.74, 6) is 0.0149. The highest BCUT2D eigenvalue weighted by molar-refractivity contribution is 6.30. The molecule has 0 aliphatic carbocycles. The lowest BCUT2D eigenvalue weighted by Crippen LogP contribution is -2.22. The van der Waals surface area contributed by atoms with Gasteiger partial charge >= 0.3 is 0 Å². The number of rotatable bonds is 5. The summed E-state index contributed by atoms with van der Waals surface area (Å²) in [6, 6.07) is 16.3. The summed E-state index contributed by atoms with van der Waals surface area (Å²) in [4.78, 5) is 16.8. The molecule has 0 unspecified atom stereocenters. The van der Waals surface area contributed by atoms with Gasteiger partial charge in [0.05, 0.1) is 0 Å². The van der Waals surface area contributed by atoms with Crippen molar-refractivity contribution >= 4 is 17.4 Å². The van der Waals surface area contributed by atoms with Gasteiger partial charge < -0.3 is 0 Å². The number of carbonyl (C=O) groups is 1. The fraction of sp³-hybridized carbons (Fsp3) is 0.118. The summed E-state index contributed by atoms with van der Waals surface area (Å²) in [5.41, 5.74) is 1.69. The fourth-order valence-electron chi connectivity index (χ4n) is 2.32. The van der Waals surface area contributed by atoms with Gasteiger partial charge in [-0.2, -0.15) is 5.10 Å². The lowest BCUT2D eigenvalue weighted by Gasteiger charge is -2.16. The van der Waals surface area contributed by atoms with E-state index in [-0.39, 0.29) is 5.78 Å². The summed E-state index contributed by atoms with van der Waals surface area (Å²) in [7, 11) is 0. The van der Waals surface area contributed by atoms with Crippen LogP contribution in [-0.4, -0.2) is 20.5 Å². The first-order valence-corrected chi connectivity index (χ1v) is 7.29. The Morgan fingerprint density at radius 3 is 2.45 bits per heavy atom. The van der Waals surface area contributed by atoms with E-state index in [2.05, 4.69) is 10.1 Å². The van der Waals surface area contributed by atoms with Gasteiger partial charge in [-0.25, -0.2) is 9.67 Å². The van der Waals surface area contributed by atoms with Crippen molar-refractivity contribution in [3.05, 3.63) is 83.4 Å². The molecule has 22 heavy (non-hydrogen) atoms. The van der Waals surface area contributed by atoms with Crippen LogP contribution in [0.15, 0.2) is 67.3 Å². The van der Waals surface area contributed by atoms with Crippen LogP contribution in [-0.2, 0) is 6.42 Å². The number of aromatic nitrogens is 3. The minimum Gasteiger partial charge on any atom is -0.292 e. The summed E-state index contributed by atoms with van der Waals surface area (Å²) in [5, 5.41) is 4.81. The number of nitrogens with zero attached hydrogens (tertiary/aromatic N) is 3. The fourth-order valence-corrected chi connectivity index (χ4v) is 2.45. The molecule has 0 spiro atoms. The molecule has 1 aromatic heterocycles. The first-order chi connectivity index (χ1) is 10.7. The summed E-state index contributed by atoms with van der Waals surface area (Å²) >= 11 is 5.91. The predicted octanol–water partition coefficient (Wildman–Crippen LogP) is 3.60. The largest absolute Gasteiger partial charge is 0.292 e. The zero-order chi connectivity index (χ0) is 15.4. The Kier molecular flexibility index (Phi) is 4.30. The van der Waals surface area contributed by atoms with Gasteiger partial charge in [0.25, 0.3) is 0 Å². The average molecular weight is 312 g/mol. The van der Waals surface area contributed by atoms with E-state index in [4.69, 9.17) is 11.6 Å². The maximum absolute atomic E-state index is 12.8. The molecule has 3 aromatic rings. The van der Waals surface area contributed by atoms with Gasteiger partial charge in [-0.3, -0.25) is 4.79 Å². The van der Waals surface area contributed by atoms with Crippen LogP contribution in [0.5, 0.6) is 0 Å². The van der Waals surface area contributed by atoms with Crippen LogP contribution < -0.4 is 0 Å². The van der Waals surface area contributed by atoms with E-state index in [1.165, 1.54) is 6.33 Å². The zero-order valence-corrected chi connectivity index (χ0v) is 12.5. The summed E-state index contributed by atoms with van der Waals surface area (Å²) < 4.78 is 1.60. The molecule has 0 saturated heterocycles. The number of hydrogen-bond donors (Lipinski definition) is 0. The van der Waals surface area contributed by atoms with E-state index in [1.807, 2.05) is 54.6 Å². The van der Waals surface area contributed by atoms with Crippen LogP contribution >= 0.6 is 11.6 Å². The summed E-state index contributed by atoms with van der Waals surface area (Å²) in [6.07, 6.45) is 3.54. The van der Waals surface area contributed by atoms with Gasteiger partial charge in [0.15, 0.2) is 5.78 Å². The maximum atomic E-state index is 12.8. The number of carbonyl (C=O) groups excluding carboxylic acids is 1. The number of hydrogen-bond acceptors (Lipinski definition) is 3. The second kappa shape index (κ2) is 6.54. The Hall–Kier alpha value is -2.46. The van der Waals surface area contributed by atoms with E-state index in [9.17, 15) is 4.79 Å². The molecule has 3 rings (SSSR count).